The van der Waals surface area contributed by atoms with Crippen LogP contribution in [0, 0.1) is 0 Å². The van der Waals surface area contributed by atoms with Crippen molar-refractivity contribution in [2.75, 3.05) is 11.5 Å². The molecule has 9 nitrogen and oxygen atoms in total. The number of carboxylic acid groups (broad SMARTS) is 2. The Hall–Kier alpha value is -1.08. The molecule has 2 atom stereocenters. The number of hydrogen-bond acceptors (Lipinski definition) is 10. The van der Waals surface area contributed by atoms with Gasteiger partial charge in [-0.2, -0.15) is 4.21 Å². The van der Waals surface area contributed by atoms with E-state index in [-0.39, 0.29) is 21.7 Å². The van der Waals surface area contributed by atoms with Crippen molar-refractivity contribution in [1.29, 1.82) is 0 Å². The molecular weight excluding hydrogens is 356 g/mol. The highest BCUT2D eigenvalue weighted by molar-refractivity contribution is 8.13. The summed E-state index contributed by atoms with van der Waals surface area (Å²) < 4.78 is 7.83. The van der Waals surface area contributed by atoms with Crippen molar-refractivity contribution in [3.8, 4) is 0 Å². The molecule has 22 heavy (non-hydrogen) atoms. The molecule has 12 heteroatoms. The molecule has 0 aromatic heterocycles. The summed E-state index contributed by atoms with van der Waals surface area (Å²) in [7, 11) is 0. The van der Waals surface area contributed by atoms with Crippen LogP contribution in [0.2, 0.25) is 0 Å². The van der Waals surface area contributed by atoms with Gasteiger partial charge in [-0.15, -0.1) is 0 Å². The molecule has 128 valence electrons. The molecule has 0 aliphatic carbocycles. The maximum absolute atomic E-state index is 10.3. The van der Waals surface area contributed by atoms with Crippen LogP contribution in [0.25, 0.3) is 0 Å². The van der Waals surface area contributed by atoms with Crippen LogP contribution in [0.1, 0.15) is 13.8 Å². The summed E-state index contributed by atoms with van der Waals surface area (Å²) >= 11 is 4.68. The number of aliphatic carboxylic acids is 2. The van der Waals surface area contributed by atoms with Crippen LogP contribution in [0.4, 0.5) is 0 Å². The maximum Gasteiger partial charge on any atom is 0.321 e. The van der Waals surface area contributed by atoms with Gasteiger partial charge in [0.25, 0.3) is 0 Å². The van der Waals surface area contributed by atoms with E-state index in [9.17, 15) is 19.2 Å². The fourth-order valence-electron chi connectivity index (χ4n) is 0.557. The zero-order valence-electron chi connectivity index (χ0n) is 11.9. The van der Waals surface area contributed by atoms with Gasteiger partial charge in [-0.25, -0.2) is 0 Å². The first kappa shape index (κ1) is 25.9. The third kappa shape index (κ3) is 21.2. The molecular formula is C10H18N2O7S3. The largest absolute Gasteiger partial charge is 0.480 e. The topological polar surface area (TPSA) is 178 Å². The van der Waals surface area contributed by atoms with Crippen molar-refractivity contribution in [1.82, 2.24) is 0 Å². The SMILES string of the molecule is CC(=O)SC[C@H](N)C(=O)O.CC(=O)SC[C@H](N)C(=O)O.O=S. The molecule has 0 aromatic carbocycles. The Morgan fingerprint density at radius 2 is 1.09 bits per heavy atom. The van der Waals surface area contributed by atoms with Crippen molar-refractivity contribution >= 4 is 58.2 Å². The summed E-state index contributed by atoms with van der Waals surface area (Å²) in [6, 6.07) is -1.87. The molecule has 0 saturated carbocycles. The highest BCUT2D eigenvalue weighted by Crippen LogP contribution is 2.02. The van der Waals surface area contributed by atoms with E-state index in [1.807, 2.05) is 0 Å². The summed E-state index contributed by atoms with van der Waals surface area (Å²) in [6.45, 7) is 2.75. The van der Waals surface area contributed by atoms with Gasteiger partial charge in [0, 0.05) is 25.4 Å². The van der Waals surface area contributed by atoms with Crippen LogP contribution in [-0.4, -0.2) is 60.2 Å². The fraction of sp³-hybridized carbons (Fsp3) is 0.600. The maximum atomic E-state index is 10.3. The molecule has 6 N–H and O–H groups in total. The first-order valence-corrected chi connectivity index (χ1v) is 7.78. The number of thioether (sulfide) groups is 2. The average Bonchev–Trinajstić information content (AvgIpc) is 2.44. The second kappa shape index (κ2) is 16.3. The molecule has 0 amide bonds. The van der Waals surface area contributed by atoms with Gasteiger partial charge >= 0.3 is 11.9 Å². The van der Waals surface area contributed by atoms with Gasteiger partial charge in [0.15, 0.2) is 22.8 Å². The predicted molar refractivity (Wildman–Crippen MR) is 85.6 cm³/mol. The molecule has 0 heterocycles. The van der Waals surface area contributed by atoms with E-state index in [1.54, 1.807) is 0 Å². The zero-order chi connectivity index (χ0) is 18.3. The van der Waals surface area contributed by atoms with Crippen molar-refractivity contribution in [2.24, 2.45) is 11.5 Å². The lowest BCUT2D eigenvalue weighted by Crippen LogP contribution is -2.32. The third-order valence-corrected chi connectivity index (χ3v) is 3.43. The van der Waals surface area contributed by atoms with Gasteiger partial charge in [0.1, 0.15) is 12.1 Å². The first-order chi connectivity index (χ1) is 10.1. The summed E-state index contributed by atoms with van der Waals surface area (Å²) in [4.78, 5) is 40.7. The Morgan fingerprint density at radius 3 is 1.23 bits per heavy atom. The number of hydrogen-bond donors (Lipinski definition) is 4. The lowest BCUT2D eigenvalue weighted by molar-refractivity contribution is -0.138. The van der Waals surface area contributed by atoms with E-state index in [4.69, 9.17) is 25.9 Å². The second-order valence-electron chi connectivity index (χ2n) is 3.49. The predicted octanol–water partition coefficient (Wildman–Crippen LogP) is -0.980. The van der Waals surface area contributed by atoms with Gasteiger partial charge < -0.3 is 21.7 Å². The molecule has 0 rings (SSSR count). The summed E-state index contributed by atoms with van der Waals surface area (Å²) in [5, 5.41) is 16.3. The van der Waals surface area contributed by atoms with E-state index < -0.39 is 24.0 Å². The van der Waals surface area contributed by atoms with Crippen LogP contribution >= 0.6 is 23.5 Å². The van der Waals surface area contributed by atoms with Crippen molar-refractivity contribution in [3.63, 3.8) is 0 Å². The normalized spacial score (nSPS) is 11.6. The number of carbonyl (C=O) groups excluding carboxylic acids is 2. The summed E-state index contributed by atoms with van der Waals surface area (Å²) in [6.07, 6.45) is 0. The summed E-state index contributed by atoms with van der Waals surface area (Å²) in [5.74, 6) is -1.86. The number of rotatable bonds is 6. The summed E-state index contributed by atoms with van der Waals surface area (Å²) in [5.41, 5.74) is 10.2. The molecule has 0 radical (unpaired) electrons. The molecule has 0 aromatic rings. The van der Waals surface area contributed by atoms with Crippen LogP contribution < -0.4 is 11.5 Å². The van der Waals surface area contributed by atoms with Gasteiger partial charge in [-0.1, -0.05) is 23.5 Å². The minimum atomic E-state index is -1.08. The average molecular weight is 374 g/mol. The van der Waals surface area contributed by atoms with Gasteiger partial charge in [0.2, 0.25) is 0 Å². The Balaban J connectivity index is -0.000000294. The molecule has 0 spiro atoms. The molecule has 0 bridgehead atoms. The zero-order valence-corrected chi connectivity index (χ0v) is 14.3. The molecule has 0 saturated heterocycles. The highest BCUT2D eigenvalue weighted by atomic mass is 32.2. The Bertz CT molecular complexity index is 348. The quantitative estimate of drug-likeness (QED) is 0.447. The minimum Gasteiger partial charge on any atom is -0.480 e. The monoisotopic (exact) mass is 374 g/mol. The van der Waals surface area contributed by atoms with E-state index >= 15 is 0 Å². The van der Waals surface area contributed by atoms with E-state index in [0.29, 0.717) is 0 Å². The molecule has 0 aliphatic rings. The lowest BCUT2D eigenvalue weighted by Gasteiger charge is -2.01. The Labute approximate surface area is 141 Å². The van der Waals surface area contributed by atoms with Crippen molar-refractivity contribution < 1.29 is 33.6 Å². The lowest BCUT2D eigenvalue weighted by atomic mass is 10.4. The van der Waals surface area contributed by atoms with E-state index in [0.717, 1.165) is 23.5 Å². The smallest absolute Gasteiger partial charge is 0.321 e. The van der Waals surface area contributed by atoms with Gasteiger partial charge in [0.05, 0.1) is 0 Å². The Kier molecular flexibility index (Phi) is 19.1. The van der Waals surface area contributed by atoms with Crippen LogP contribution in [0.15, 0.2) is 0 Å². The number of carboxylic acids is 2. The second-order valence-corrected chi connectivity index (χ2v) is 5.89. The van der Waals surface area contributed by atoms with E-state index in [2.05, 4.69) is 12.5 Å². The van der Waals surface area contributed by atoms with Gasteiger partial charge in [-0.3, -0.25) is 19.2 Å². The van der Waals surface area contributed by atoms with Crippen molar-refractivity contribution in [2.45, 2.75) is 25.9 Å². The van der Waals surface area contributed by atoms with Gasteiger partial charge in [-0.05, 0) is 0 Å². The van der Waals surface area contributed by atoms with Crippen LogP contribution in [0.5, 0.6) is 0 Å². The molecule has 0 aliphatic heterocycles. The Morgan fingerprint density at radius 1 is 0.864 bits per heavy atom. The van der Waals surface area contributed by atoms with Crippen molar-refractivity contribution in [3.05, 3.63) is 0 Å². The minimum absolute atomic E-state index is 0.114. The van der Waals surface area contributed by atoms with E-state index in [1.165, 1.54) is 13.8 Å². The molecule has 0 unspecified atom stereocenters. The highest BCUT2D eigenvalue weighted by Gasteiger charge is 2.12. The number of nitrogens with two attached hydrogens (primary N) is 2. The number of carbonyl (C=O) groups is 4. The molecule has 0 fully saturated rings. The van der Waals surface area contributed by atoms with Crippen LogP contribution in [-0.2, 0) is 31.7 Å². The standard InChI is InChI=1S/2C5H9NO3S.OS/c2*1-3(7)10-2-4(6)5(8)9;1-2/h2*4H,2,6H2,1H3,(H,8,9);/t2*4-;/m00./s1. The van der Waals surface area contributed by atoms with Crippen LogP contribution in [0.3, 0.4) is 0 Å². The first-order valence-electron chi connectivity index (χ1n) is 5.48. The third-order valence-electron chi connectivity index (χ3n) is 1.57. The fourth-order valence-corrected chi connectivity index (χ4v) is 1.67.